The van der Waals surface area contributed by atoms with Gasteiger partial charge >= 0.3 is 0 Å². The molecule has 3 N–H and O–H groups in total. The van der Waals surface area contributed by atoms with Gasteiger partial charge in [0, 0.05) is 7.11 Å². The van der Waals surface area contributed by atoms with Crippen molar-refractivity contribution in [1.82, 2.24) is 9.88 Å². The number of hydrogen-bond donors (Lipinski definition) is 2. The molecule has 1 saturated heterocycles. The maximum atomic E-state index is 7.60. The van der Waals surface area contributed by atoms with Crippen LogP contribution < -0.4 is 5.73 Å². The summed E-state index contributed by atoms with van der Waals surface area (Å²) in [6.45, 7) is 3.59. The normalized spacial score (nSPS) is 17.3. The molecule has 0 radical (unpaired) electrons. The van der Waals surface area contributed by atoms with Crippen molar-refractivity contribution < 1.29 is 4.74 Å². The number of nitrogen functional groups attached to an aromatic ring is 1. The number of likely N-dealkylation sites (tertiary alicyclic amines) is 1. The molecule has 0 spiro atoms. The molecule has 0 saturated carbocycles. The van der Waals surface area contributed by atoms with E-state index in [4.69, 9.17) is 15.9 Å². The second-order valence-electron chi connectivity index (χ2n) is 4.92. The van der Waals surface area contributed by atoms with Crippen molar-refractivity contribution >= 4 is 17.2 Å². The summed E-state index contributed by atoms with van der Waals surface area (Å²) >= 11 is 1.53. The van der Waals surface area contributed by atoms with Crippen LogP contribution in [0, 0.1) is 5.41 Å². The number of nitrogens with one attached hydrogen (secondary N) is 1. The topological polar surface area (TPSA) is 75.2 Å². The Balaban J connectivity index is 2.06. The Hall–Kier alpha value is -0.980. The molecule has 2 heterocycles. The van der Waals surface area contributed by atoms with Crippen molar-refractivity contribution in [3.05, 3.63) is 15.6 Å². The number of thiazole rings is 1. The quantitative estimate of drug-likeness (QED) is 0.639. The van der Waals surface area contributed by atoms with Gasteiger partial charge in [0.25, 0.3) is 0 Å². The Morgan fingerprint density at radius 3 is 2.63 bits per heavy atom. The van der Waals surface area contributed by atoms with Crippen LogP contribution in [0.2, 0.25) is 0 Å². The standard InChI is InChI=1S/C13H22N4OS/c1-18-9-10-12(13(14)15)19-11(16-10)8-17-6-4-2-3-5-7-17/h2-9H2,1H3,(H3,14,15). The van der Waals surface area contributed by atoms with Crippen molar-refractivity contribution in [2.24, 2.45) is 5.73 Å². The van der Waals surface area contributed by atoms with Gasteiger partial charge in [0.2, 0.25) is 0 Å². The van der Waals surface area contributed by atoms with Gasteiger partial charge in [0.15, 0.2) is 0 Å². The van der Waals surface area contributed by atoms with Crippen LogP contribution >= 0.6 is 11.3 Å². The first-order valence-corrected chi connectivity index (χ1v) is 7.56. The van der Waals surface area contributed by atoms with Gasteiger partial charge in [-0.25, -0.2) is 4.98 Å². The third-order valence-corrected chi connectivity index (χ3v) is 4.44. The summed E-state index contributed by atoms with van der Waals surface area (Å²) in [6, 6.07) is 0. The van der Waals surface area contributed by atoms with Gasteiger partial charge in [-0.3, -0.25) is 10.3 Å². The van der Waals surface area contributed by atoms with E-state index >= 15 is 0 Å². The lowest BCUT2D eigenvalue weighted by Gasteiger charge is -2.17. The fourth-order valence-electron chi connectivity index (χ4n) is 2.40. The number of methoxy groups -OCH3 is 1. The number of amidine groups is 1. The average molecular weight is 282 g/mol. The van der Waals surface area contributed by atoms with E-state index in [2.05, 4.69) is 9.88 Å². The highest BCUT2D eigenvalue weighted by Gasteiger charge is 2.16. The summed E-state index contributed by atoms with van der Waals surface area (Å²) in [5.74, 6) is 0.0895. The molecule has 5 nitrogen and oxygen atoms in total. The van der Waals surface area contributed by atoms with Gasteiger partial charge in [0.05, 0.1) is 23.7 Å². The third-order valence-electron chi connectivity index (χ3n) is 3.32. The molecule has 106 valence electrons. The highest BCUT2D eigenvalue weighted by Crippen LogP contribution is 2.21. The van der Waals surface area contributed by atoms with Crippen molar-refractivity contribution in [1.29, 1.82) is 5.41 Å². The number of hydrogen-bond acceptors (Lipinski definition) is 5. The maximum Gasteiger partial charge on any atom is 0.135 e. The van der Waals surface area contributed by atoms with E-state index in [-0.39, 0.29) is 5.84 Å². The van der Waals surface area contributed by atoms with Crippen molar-refractivity contribution in [2.75, 3.05) is 20.2 Å². The molecule has 1 fully saturated rings. The van der Waals surface area contributed by atoms with E-state index < -0.39 is 0 Å². The summed E-state index contributed by atoms with van der Waals surface area (Å²) in [6.07, 6.45) is 5.22. The minimum Gasteiger partial charge on any atom is -0.383 e. The van der Waals surface area contributed by atoms with E-state index in [0.29, 0.717) is 6.61 Å². The van der Waals surface area contributed by atoms with Crippen LogP contribution in [0.3, 0.4) is 0 Å². The van der Waals surface area contributed by atoms with E-state index in [1.54, 1.807) is 7.11 Å². The Bertz CT molecular complexity index is 424. The summed E-state index contributed by atoms with van der Waals surface area (Å²) in [5, 5.41) is 8.64. The van der Waals surface area contributed by atoms with E-state index in [9.17, 15) is 0 Å². The van der Waals surface area contributed by atoms with Crippen LogP contribution in [0.4, 0.5) is 0 Å². The first-order chi connectivity index (χ1) is 9.20. The Morgan fingerprint density at radius 1 is 1.37 bits per heavy atom. The maximum absolute atomic E-state index is 7.60. The SMILES string of the molecule is COCc1nc(CN2CCCCCC2)sc1C(=N)N. The Kier molecular flexibility index (Phi) is 5.30. The fraction of sp³-hybridized carbons (Fsp3) is 0.692. The molecule has 6 heteroatoms. The van der Waals surface area contributed by atoms with Crippen LogP contribution in [0.1, 0.15) is 41.3 Å². The minimum atomic E-state index is 0.0895. The lowest BCUT2D eigenvalue weighted by atomic mass is 10.2. The van der Waals surface area contributed by atoms with Crippen molar-refractivity contribution in [3.8, 4) is 0 Å². The van der Waals surface area contributed by atoms with Gasteiger partial charge < -0.3 is 10.5 Å². The van der Waals surface area contributed by atoms with Crippen LogP contribution in [-0.4, -0.2) is 35.9 Å². The zero-order valence-electron chi connectivity index (χ0n) is 11.4. The molecule has 0 unspecified atom stereocenters. The van der Waals surface area contributed by atoms with Crippen LogP contribution in [0.5, 0.6) is 0 Å². The monoisotopic (exact) mass is 282 g/mol. The number of ether oxygens (including phenoxy) is 1. The second kappa shape index (κ2) is 6.98. The number of aromatic nitrogens is 1. The summed E-state index contributed by atoms with van der Waals surface area (Å²) in [5.41, 5.74) is 6.40. The zero-order valence-corrected chi connectivity index (χ0v) is 12.3. The number of nitrogens with two attached hydrogens (primary N) is 1. The smallest absolute Gasteiger partial charge is 0.135 e. The van der Waals surface area contributed by atoms with E-state index in [1.165, 1.54) is 37.0 Å². The molecule has 1 aromatic heterocycles. The largest absolute Gasteiger partial charge is 0.383 e. The van der Waals surface area contributed by atoms with Gasteiger partial charge in [-0.2, -0.15) is 0 Å². The molecular formula is C13H22N4OS. The lowest BCUT2D eigenvalue weighted by Crippen LogP contribution is -2.23. The molecule has 1 aliphatic rings. The molecule has 0 aliphatic carbocycles. The fourth-order valence-corrected chi connectivity index (χ4v) is 3.37. The number of nitrogens with zero attached hydrogens (tertiary/aromatic N) is 2. The molecule has 0 amide bonds. The molecule has 2 rings (SSSR count). The molecule has 1 aromatic rings. The highest BCUT2D eigenvalue weighted by molar-refractivity contribution is 7.13. The lowest BCUT2D eigenvalue weighted by molar-refractivity contribution is 0.181. The Morgan fingerprint density at radius 2 is 2.05 bits per heavy atom. The third kappa shape index (κ3) is 3.99. The predicted octanol–water partition coefficient (Wildman–Crippen LogP) is 1.95. The summed E-state index contributed by atoms with van der Waals surface area (Å²) < 4.78 is 5.12. The van der Waals surface area contributed by atoms with E-state index in [1.807, 2.05) is 0 Å². The van der Waals surface area contributed by atoms with Gasteiger partial charge in [-0.1, -0.05) is 12.8 Å². The van der Waals surface area contributed by atoms with E-state index in [0.717, 1.165) is 35.2 Å². The molecule has 1 aliphatic heterocycles. The summed E-state index contributed by atoms with van der Waals surface area (Å²) in [7, 11) is 1.64. The van der Waals surface area contributed by atoms with Crippen LogP contribution in [-0.2, 0) is 17.9 Å². The predicted molar refractivity (Wildman–Crippen MR) is 77.6 cm³/mol. The Labute approximate surface area is 118 Å². The minimum absolute atomic E-state index is 0.0895. The van der Waals surface area contributed by atoms with Crippen molar-refractivity contribution in [3.63, 3.8) is 0 Å². The van der Waals surface area contributed by atoms with Gasteiger partial charge in [-0.15, -0.1) is 11.3 Å². The molecule has 0 bridgehead atoms. The zero-order chi connectivity index (χ0) is 13.7. The molecule has 0 aromatic carbocycles. The van der Waals surface area contributed by atoms with Crippen molar-refractivity contribution in [2.45, 2.75) is 38.8 Å². The second-order valence-corrected chi connectivity index (χ2v) is 6.00. The molecule has 19 heavy (non-hydrogen) atoms. The van der Waals surface area contributed by atoms with Crippen LogP contribution in [0.25, 0.3) is 0 Å². The van der Waals surface area contributed by atoms with Gasteiger partial charge in [-0.05, 0) is 25.9 Å². The average Bonchev–Trinajstić information content (AvgIpc) is 2.59. The number of rotatable bonds is 5. The first kappa shape index (κ1) is 14.4. The molecular weight excluding hydrogens is 260 g/mol. The van der Waals surface area contributed by atoms with Gasteiger partial charge in [0.1, 0.15) is 10.8 Å². The summed E-state index contributed by atoms with van der Waals surface area (Å²) in [4.78, 5) is 7.78. The first-order valence-electron chi connectivity index (χ1n) is 6.75. The molecule has 0 atom stereocenters. The highest BCUT2D eigenvalue weighted by atomic mass is 32.1. The van der Waals surface area contributed by atoms with Crippen LogP contribution in [0.15, 0.2) is 0 Å².